The Morgan fingerprint density at radius 1 is 1.19 bits per heavy atom. The molecule has 1 N–H and O–H groups in total. The molecule has 1 saturated carbocycles. The Morgan fingerprint density at radius 2 is 1.87 bits per heavy atom. The van der Waals surface area contributed by atoms with E-state index >= 15 is 0 Å². The molecule has 2 aromatic heterocycles. The lowest BCUT2D eigenvalue weighted by atomic mass is 9.89. The van der Waals surface area contributed by atoms with Gasteiger partial charge in [0.15, 0.2) is 0 Å². The fourth-order valence-corrected chi connectivity index (χ4v) is 5.08. The van der Waals surface area contributed by atoms with E-state index in [1.54, 1.807) is 6.07 Å². The zero-order valence-corrected chi connectivity index (χ0v) is 17.9. The Kier molecular flexibility index (Phi) is 5.92. The van der Waals surface area contributed by atoms with Gasteiger partial charge in [0, 0.05) is 23.2 Å². The summed E-state index contributed by atoms with van der Waals surface area (Å²) < 4.78 is 40.5. The molecule has 164 valence electrons. The zero-order valence-electron chi connectivity index (χ0n) is 17.1. The second-order valence-corrected chi connectivity index (χ2v) is 8.92. The first-order valence-corrected chi connectivity index (χ1v) is 11.2. The fraction of sp³-hybridized carbons (Fsp3) is 0.391. The third-order valence-electron chi connectivity index (χ3n) is 5.99. The summed E-state index contributed by atoms with van der Waals surface area (Å²) in [5.41, 5.74) is 2.26. The number of rotatable bonds is 5. The van der Waals surface area contributed by atoms with Crippen LogP contribution in [0.5, 0.6) is 0 Å². The number of nitrogens with zero attached hydrogens (tertiary/aromatic N) is 2. The SMILES string of the molecule is Cc1c(C(=O)O)cc(-c2csc(-c3ccc(C(F)(F)F)cc3)n2)n1CC1CCCCC1. The summed E-state index contributed by atoms with van der Waals surface area (Å²) in [5, 5.41) is 12.0. The molecule has 2 heterocycles. The Bertz CT molecular complexity index is 1080. The van der Waals surface area contributed by atoms with Crippen molar-refractivity contribution in [3.8, 4) is 22.0 Å². The molecule has 31 heavy (non-hydrogen) atoms. The van der Waals surface area contributed by atoms with Crippen molar-refractivity contribution in [1.82, 2.24) is 9.55 Å². The average Bonchev–Trinajstić information content (AvgIpc) is 3.34. The van der Waals surface area contributed by atoms with Crippen molar-refractivity contribution in [2.75, 3.05) is 0 Å². The van der Waals surface area contributed by atoms with Crippen LogP contribution in [0.1, 0.15) is 53.7 Å². The summed E-state index contributed by atoms with van der Waals surface area (Å²) in [6.45, 7) is 2.57. The summed E-state index contributed by atoms with van der Waals surface area (Å²) in [6.07, 6.45) is 1.52. The predicted molar refractivity (Wildman–Crippen MR) is 114 cm³/mol. The number of carbonyl (C=O) groups is 1. The van der Waals surface area contributed by atoms with E-state index in [9.17, 15) is 23.1 Å². The number of aromatic carboxylic acids is 1. The summed E-state index contributed by atoms with van der Waals surface area (Å²) >= 11 is 1.34. The minimum Gasteiger partial charge on any atom is -0.478 e. The second-order valence-electron chi connectivity index (χ2n) is 8.06. The normalized spacial score (nSPS) is 15.4. The lowest BCUT2D eigenvalue weighted by Gasteiger charge is -2.24. The average molecular weight is 449 g/mol. The van der Waals surface area contributed by atoms with Gasteiger partial charge in [-0.1, -0.05) is 31.4 Å². The highest BCUT2D eigenvalue weighted by Crippen LogP contribution is 2.35. The largest absolute Gasteiger partial charge is 0.478 e. The smallest absolute Gasteiger partial charge is 0.416 e. The van der Waals surface area contributed by atoms with E-state index in [0.29, 0.717) is 27.9 Å². The maximum atomic E-state index is 12.8. The van der Waals surface area contributed by atoms with E-state index in [-0.39, 0.29) is 5.56 Å². The molecule has 1 aliphatic carbocycles. The van der Waals surface area contributed by atoms with Gasteiger partial charge in [0.2, 0.25) is 0 Å². The summed E-state index contributed by atoms with van der Waals surface area (Å²) in [6, 6.07) is 6.59. The third kappa shape index (κ3) is 4.54. The molecule has 0 spiro atoms. The number of carboxylic acid groups (broad SMARTS) is 1. The molecule has 4 nitrogen and oxygen atoms in total. The lowest BCUT2D eigenvalue weighted by molar-refractivity contribution is -0.137. The van der Waals surface area contributed by atoms with E-state index in [0.717, 1.165) is 37.2 Å². The van der Waals surface area contributed by atoms with Gasteiger partial charge >= 0.3 is 12.1 Å². The van der Waals surface area contributed by atoms with Crippen LogP contribution in [0.15, 0.2) is 35.7 Å². The number of benzene rings is 1. The first-order valence-electron chi connectivity index (χ1n) is 10.3. The van der Waals surface area contributed by atoms with Gasteiger partial charge in [-0.25, -0.2) is 9.78 Å². The molecular weight excluding hydrogens is 425 g/mol. The Morgan fingerprint density at radius 3 is 2.48 bits per heavy atom. The van der Waals surface area contributed by atoms with E-state index < -0.39 is 17.7 Å². The van der Waals surface area contributed by atoms with Crippen LogP contribution in [0.3, 0.4) is 0 Å². The Hall–Kier alpha value is -2.61. The van der Waals surface area contributed by atoms with Crippen molar-refractivity contribution in [2.45, 2.75) is 51.7 Å². The van der Waals surface area contributed by atoms with Gasteiger partial charge in [0.25, 0.3) is 0 Å². The van der Waals surface area contributed by atoms with E-state index in [1.807, 2.05) is 16.9 Å². The first kappa shape index (κ1) is 21.6. The third-order valence-corrected chi connectivity index (χ3v) is 6.88. The van der Waals surface area contributed by atoms with Gasteiger partial charge in [-0.15, -0.1) is 11.3 Å². The summed E-state index contributed by atoms with van der Waals surface area (Å²) in [7, 11) is 0. The monoisotopic (exact) mass is 448 g/mol. The van der Waals surface area contributed by atoms with Crippen molar-refractivity contribution in [3.05, 3.63) is 52.5 Å². The predicted octanol–water partition coefficient (Wildman–Crippen LogP) is 6.88. The highest BCUT2D eigenvalue weighted by molar-refractivity contribution is 7.13. The maximum absolute atomic E-state index is 12.8. The first-order chi connectivity index (χ1) is 14.7. The van der Waals surface area contributed by atoms with Gasteiger partial charge in [-0.2, -0.15) is 13.2 Å². The number of alkyl halides is 3. The number of halogens is 3. The Balaban J connectivity index is 1.67. The molecule has 0 radical (unpaired) electrons. The molecule has 0 unspecified atom stereocenters. The molecule has 1 aliphatic rings. The van der Waals surface area contributed by atoms with E-state index in [1.165, 1.54) is 42.7 Å². The molecule has 8 heteroatoms. The van der Waals surface area contributed by atoms with Crippen molar-refractivity contribution in [2.24, 2.45) is 5.92 Å². The minimum absolute atomic E-state index is 0.259. The topological polar surface area (TPSA) is 55.1 Å². The van der Waals surface area contributed by atoms with Crippen LogP contribution in [0.25, 0.3) is 22.0 Å². The van der Waals surface area contributed by atoms with Crippen LogP contribution in [-0.4, -0.2) is 20.6 Å². The molecule has 1 aromatic carbocycles. The van der Waals surface area contributed by atoms with Crippen LogP contribution >= 0.6 is 11.3 Å². The molecule has 0 saturated heterocycles. The van der Waals surface area contributed by atoms with Gasteiger partial charge in [0.05, 0.1) is 22.5 Å². The van der Waals surface area contributed by atoms with Crippen LogP contribution in [-0.2, 0) is 12.7 Å². The second kappa shape index (κ2) is 8.49. The van der Waals surface area contributed by atoms with Gasteiger partial charge < -0.3 is 9.67 Å². The lowest BCUT2D eigenvalue weighted by Crippen LogP contribution is -2.16. The molecule has 1 fully saturated rings. The number of hydrogen-bond donors (Lipinski definition) is 1. The van der Waals surface area contributed by atoms with Crippen molar-refractivity contribution in [1.29, 1.82) is 0 Å². The molecule has 0 bridgehead atoms. The van der Waals surface area contributed by atoms with E-state index in [2.05, 4.69) is 4.98 Å². The van der Waals surface area contributed by atoms with E-state index in [4.69, 9.17) is 0 Å². The standard InChI is InChI=1S/C23H23F3N2O2S/c1-14-18(22(29)30)11-20(28(14)12-15-5-3-2-4-6-15)19-13-31-21(27-19)16-7-9-17(10-8-16)23(24,25)26/h7-11,13,15H,2-6,12H2,1H3,(H,29,30). The molecule has 0 aliphatic heterocycles. The number of aromatic nitrogens is 2. The molecular formula is C23H23F3N2O2S. The quantitative estimate of drug-likeness (QED) is 0.463. The number of carboxylic acids is 1. The highest BCUT2D eigenvalue weighted by atomic mass is 32.1. The van der Waals surface area contributed by atoms with Gasteiger partial charge in [-0.3, -0.25) is 0 Å². The number of hydrogen-bond acceptors (Lipinski definition) is 3. The minimum atomic E-state index is -4.38. The Labute approximate surface area is 182 Å². The van der Waals surface area contributed by atoms with Crippen LogP contribution in [0, 0.1) is 12.8 Å². The zero-order chi connectivity index (χ0) is 22.2. The van der Waals surface area contributed by atoms with Crippen molar-refractivity contribution >= 4 is 17.3 Å². The van der Waals surface area contributed by atoms with Crippen molar-refractivity contribution in [3.63, 3.8) is 0 Å². The highest BCUT2D eigenvalue weighted by Gasteiger charge is 2.30. The summed E-state index contributed by atoms with van der Waals surface area (Å²) in [5.74, 6) is -0.465. The van der Waals surface area contributed by atoms with Gasteiger partial charge in [-0.05, 0) is 43.9 Å². The molecule has 4 rings (SSSR count). The molecule has 3 aromatic rings. The van der Waals surface area contributed by atoms with Gasteiger partial charge in [0.1, 0.15) is 5.01 Å². The number of thiazole rings is 1. The molecule has 0 amide bonds. The molecule has 0 atom stereocenters. The fourth-order valence-electron chi connectivity index (χ4n) is 4.26. The summed E-state index contributed by atoms with van der Waals surface area (Å²) in [4.78, 5) is 16.4. The van der Waals surface area contributed by atoms with Crippen LogP contribution in [0.2, 0.25) is 0 Å². The van der Waals surface area contributed by atoms with Crippen molar-refractivity contribution < 1.29 is 23.1 Å². The maximum Gasteiger partial charge on any atom is 0.416 e. The van der Waals surface area contributed by atoms with Crippen LogP contribution < -0.4 is 0 Å². The van der Waals surface area contributed by atoms with Crippen LogP contribution in [0.4, 0.5) is 13.2 Å².